The van der Waals surface area contributed by atoms with Gasteiger partial charge in [-0.15, -0.1) is 0 Å². The van der Waals surface area contributed by atoms with Gasteiger partial charge in [-0.1, -0.05) is 30.3 Å². The van der Waals surface area contributed by atoms with E-state index in [4.69, 9.17) is 4.74 Å². The summed E-state index contributed by atoms with van der Waals surface area (Å²) < 4.78 is 20.9. The molecule has 0 aliphatic carbocycles. The van der Waals surface area contributed by atoms with Crippen LogP contribution < -0.4 is 10.1 Å². The molecule has 0 aliphatic rings. The summed E-state index contributed by atoms with van der Waals surface area (Å²) in [5, 5.41) is 7.05. The molecular weight excluding hydrogens is 401 g/mol. The van der Waals surface area contributed by atoms with Crippen LogP contribution in [0.3, 0.4) is 0 Å². The second-order valence-electron chi connectivity index (χ2n) is 5.71. The molecule has 7 heteroatoms. The average molecular weight is 418 g/mol. The molecule has 2 aromatic carbocycles. The van der Waals surface area contributed by atoms with Crippen LogP contribution >= 0.6 is 15.9 Å². The number of benzene rings is 2. The van der Waals surface area contributed by atoms with E-state index in [1.165, 1.54) is 18.2 Å². The Morgan fingerprint density at radius 2 is 2.04 bits per heavy atom. The Morgan fingerprint density at radius 1 is 1.27 bits per heavy atom. The van der Waals surface area contributed by atoms with Gasteiger partial charge in [-0.2, -0.15) is 5.10 Å². The molecule has 3 aromatic rings. The van der Waals surface area contributed by atoms with Crippen LogP contribution in [-0.4, -0.2) is 21.8 Å². The number of amides is 1. The van der Waals surface area contributed by atoms with E-state index in [-0.39, 0.29) is 11.7 Å². The van der Waals surface area contributed by atoms with Crippen molar-refractivity contribution in [2.45, 2.75) is 19.6 Å². The highest BCUT2D eigenvalue weighted by Crippen LogP contribution is 2.26. The summed E-state index contributed by atoms with van der Waals surface area (Å²) in [6.07, 6.45) is 1.03. The molecule has 1 amide bonds. The van der Waals surface area contributed by atoms with E-state index in [2.05, 4.69) is 26.3 Å². The van der Waals surface area contributed by atoms with Gasteiger partial charge in [-0.05, 0) is 46.6 Å². The standard InChI is InChI=1S/C19H17BrFN3O2/c1-13(26-17-8-7-15(21)11-16(17)20)19(25)22-18-9-10-24(23-18)12-14-5-3-2-4-6-14/h2-11,13H,12H2,1H3,(H,22,23,25)/t13-/m1/s1. The maximum Gasteiger partial charge on any atom is 0.266 e. The molecule has 134 valence electrons. The first-order valence-electron chi connectivity index (χ1n) is 8.01. The van der Waals surface area contributed by atoms with Gasteiger partial charge in [0, 0.05) is 12.3 Å². The van der Waals surface area contributed by atoms with E-state index >= 15 is 0 Å². The Bertz CT molecular complexity index is 899. The number of nitrogens with zero attached hydrogens (tertiary/aromatic N) is 2. The van der Waals surface area contributed by atoms with Gasteiger partial charge < -0.3 is 10.1 Å². The monoisotopic (exact) mass is 417 g/mol. The third kappa shape index (κ3) is 4.70. The van der Waals surface area contributed by atoms with E-state index < -0.39 is 6.10 Å². The minimum atomic E-state index is -0.768. The fraction of sp³-hybridized carbons (Fsp3) is 0.158. The zero-order valence-electron chi connectivity index (χ0n) is 14.0. The van der Waals surface area contributed by atoms with Crippen molar-refractivity contribution in [1.82, 2.24) is 9.78 Å². The number of carbonyl (C=O) groups excluding carboxylic acids is 1. The molecule has 0 unspecified atom stereocenters. The smallest absolute Gasteiger partial charge is 0.266 e. The first kappa shape index (κ1) is 18.1. The quantitative estimate of drug-likeness (QED) is 0.652. The molecule has 1 aromatic heterocycles. The second kappa shape index (κ2) is 8.14. The first-order chi connectivity index (χ1) is 12.5. The normalized spacial score (nSPS) is 11.8. The van der Waals surface area contributed by atoms with Gasteiger partial charge >= 0.3 is 0 Å². The van der Waals surface area contributed by atoms with Crippen molar-refractivity contribution in [3.05, 3.63) is 76.6 Å². The third-order valence-corrected chi connectivity index (χ3v) is 4.27. The van der Waals surface area contributed by atoms with Gasteiger partial charge in [0.05, 0.1) is 11.0 Å². The number of rotatable bonds is 6. The molecule has 1 N–H and O–H groups in total. The number of hydrogen-bond acceptors (Lipinski definition) is 3. The molecular formula is C19H17BrFN3O2. The lowest BCUT2D eigenvalue weighted by molar-refractivity contribution is -0.122. The average Bonchev–Trinajstić information content (AvgIpc) is 3.05. The van der Waals surface area contributed by atoms with Gasteiger partial charge in [-0.3, -0.25) is 9.48 Å². The van der Waals surface area contributed by atoms with Crippen molar-refractivity contribution in [2.24, 2.45) is 0 Å². The summed E-state index contributed by atoms with van der Waals surface area (Å²) >= 11 is 3.21. The number of halogens is 2. The van der Waals surface area contributed by atoms with Crippen LogP contribution in [-0.2, 0) is 11.3 Å². The van der Waals surface area contributed by atoms with E-state index in [1.54, 1.807) is 23.9 Å². The molecule has 0 saturated heterocycles. The summed E-state index contributed by atoms with van der Waals surface area (Å²) in [6.45, 7) is 2.23. The highest BCUT2D eigenvalue weighted by molar-refractivity contribution is 9.10. The number of carbonyl (C=O) groups is 1. The Hall–Kier alpha value is -2.67. The third-order valence-electron chi connectivity index (χ3n) is 3.65. The Labute approximate surface area is 158 Å². The highest BCUT2D eigenvalue weighted by atomic mass is 79.9. The van der Waals surface area contributed by atoms with Crippen molar-refractivity contribution < 1.29 is 13.9 Å². The van der Waals surface area contributed by atoms with Gasteiger partial charge in [0.15, 0.2) is 11.9 Å². The number of ether oxygens (including phenoxy) is 1. The summed E-state index contributed by atoms with van der Waals surface area (Å²) in [5.41, 5.74) is 1.12. The SMILES string of the molecule is C[C@@H](Oc1ccc(F)cc1Br)C(=O)Nc1ccn(Cc2ccccc2)n1. The fourth-order valence-corrected chi connectivity index (χ4v) is 2.77. The number of aromatic nitrogens is 2. The van der Waals surface area contributed by atoms with Crippen LogP contribution in [0.5, 0.6) is 5.75 Å². The lowest BCUT2D eigenvalue weighted by Crippen LogP contribution is -2.30. The molecule has 1 atom stereocenters. The largest absolute Gasteiger partial charge is 0.480 e. The van der Waals surface area contributed by atoms with Crippen LogP contribution in [0.25, 0.3) is 0 Å². The van der Waals surface area contributed by atoms with Crippen LogP contribution in [0.1, 0.15) is 12.5 Å². The molecule has 3 rings (SSSR count). The van der Waals surface area contributed by atoms with Crippen molar-refractivity contribution in [1.29, 1.82) is 0 Å². The maximum absolute atomic E-state index is 13.1. The summed E-state index contributed by atoms with van der Waals surface area (Å²) in [6, 6.07) is 15.7. The summed E-state index contributed by atoms with van der Waals surface area (Å²) in [7, 11) is 0. The number of hydrogen-bond donors (Lipinski definition) is 1. The molecule has 1 heterocycles. The van der Waals surface area contributed by atoms with Crippen molar-refractivity contribution in [3.8, 4) is 5.75 Å². The molecule has 0 spiro atoms. The Morgan fingerprint density at radius 3 is 2.77 bits per heavy atom. The Balaban J connectivity index is 1.59. The van der Waals surface area contributed by atoms with Crippen LogP contribution in [0.15, 0.2) is 65.3 Å². The molecule has 0 bridgehead atoms. The first-order valence-corrected chi connectivity index (χ1v) is 8.80. The van der Waals surface area contributed by atoms with E-state index in [1.807, 2.05) is 30.3 Å². The van der Waals surface area contributed by atoms with Gasteiger partial charge in [-0.25, -0.2) is 4.39 Å². The molecule has 0 fully saturated rings. The van der Waals surface area contributed by atoms with Crippen molar-refractivity contribution in [2.75, 3.05) is 5.32 Å². The predicted molar refractivity (Wildman–Crippen MR) is 101 cm³/mol. The lowest BCUT2D eigenvalue weighted by Gasteiger charge is -2.15. The topological polar surface area (TPSA) is 56.1 Å². The van der Waals surface area contributed by atoms with Crippen LogP contribution in [0, 0.1) is 5.82 Å². The van der Waals surface area contributed by atoms with Crippen molar-refractivity contribution in [3.63, 3.8) is 0 Å². The van der Waals surface area contributed by atoms with Gasteiger partial charge in [0.25, 0.3) is 5.91 Å². The highest BCUT2D eigenvalue weighted by Gasteiger charge is 2.17. The second-order valence-corrected chi connectivity index (χ2v) is 6.56. The summed E-state index contributed by atoms with van der Waals surface area (Å²) in [4.78, 5) is 12.3. The molecule has 26 heavy (non-hydrogen) atoms. The Kier molecular flexibility index (Phi) is 5.68. The zero-order chi connectivity index (χ0) is 18.5. The minimum Gasteiger partial charge on any atom is -0.480 e. The summed E-state index contributed by atoms with van der Waals surface area (Å²) in [5.74, 6) is 0.111. The van der Waals surface area contributed by atoms with Crippen molar-refractivity contribution >= 4 is 27.7 Å². The van der Waals surface area contributed by atoms with E-state index in [0.29, 0.717) is 22.6 Å². The van der Waals surface area contributed by atoms with Crippen LogP contribution in [0.2, 0.25) is 0 Å². The predicted octanol–water partition coefficient (Wildman–Crippen LogP) is 4.24. The number of anilines is 1. The van der Waals surface area contributed by atoms with Gasteiger partial charge in [0.1, 0.15) is 11.6 Å². The fourth-order valence-electron chi connectivity index (χ4n) is 2.33. The molecule has 0 saturated carbocycles. The van der Waals surface area contributed by atoms with Gasteiger partial charge in [0.2, 0.25) is 0 Å². The molecule has 5 nitrogen and oxygen atoms in total. The minimum absolute atomic E-state index is 0.341. The lowest BCUT2D eigenvalue weighted by atomic mass is 10.2. The van der Waals surface area contributed by atoms with E-state index in [0.717, 1.165) is 5.56 Å². The van der Waals surface area contributed by atoms with Crippen LogP contribution in [0.4, 0.5) is 10.2 Å². The molecule has 0 radical (unpaired) electrons. The van der Waals surface area contributed by atoms with E-state index in [9.17, 15) is 9.18 Å². The zero-order valence-corrected chi connectivity index (χ0v) is 15.6. The number of nitrogens with one attached hydrogen (secondary N) is 1. The molecule has 0 aliphatic heterocycles. The maximum atomic E-state index is 13.1.